The number of benzene rings is 3. The van der Waals surface area contributed by atoms with Crippen LogP contribution in [0.15, 0.2) is 97.3 Å². The summed E-state index contributed by atoms with van der Waals surface area (Å²) in [5.74, 6) is 0.750. The van der Waals surface area contributed by atoms with Gasteiger partial charge in [-0.2, -0.15) is 0 Å². The van der Waals surface area contributed by atoms with Crippen molar-refractivity contribution in [2.24, 2.45) is 0 Å². The number of hydrogen-bond donors (Lipinski definition) is 0. The molecule has 0 aliphatic rings. The van der Waals surface area contributed by atoms with Crippen LogP contribution in [0.1, 0.15) is 0 Å². The lowest BCUT2D eigenvalue weighted by molar-refractivity contribution is 1.18. The Morgan fingerprint density at radius 2 is 0.917 bits per heavy atom. The lowest BCUT2D eigenvalue weighted by Crippen LogP contribution is -1.88. The van der Waals surface area contributed by atoms with E-state index in [4.69, 9.17) is 0 Å². The maximum Gasteiger partial charge on any atom is 0.159 e. The third kappa shape index (κ3) is 2.82. The number of hydrogen-bond acceptors (Lipinski definition) is 2. The molecule has 0 bridgehead atoms. The molecule has 4 rings (SSSR count). The average Bonchev–Trinajstić information content (AvgIpc) is 2.69. The van der Waals surface area contributed by atoms with Crippen molar-refractivity contribution in [2.75, 3.05) is 0 Å². The molecule has 0 N–H and O–H groups in total. The lowest BCUT2D eigenvalue weighted by atomic mass is 9.94. The quantitative estimate of drug-likeness (QED) is 0.501. The Morgan fingerprint density at radius 3 is 1.54 bits per heavy atom. The van der Waals surface area contributed by atoms with Crippen molar-refractivity contribution in [3.05, 3.63) is 97.3 Å². The van der Waals surface area contributed by atoms with Gasteiger partial charge in [0.2, 0.25) is 0 Å². The largest absolute Gasteiger partial charge is 0.237 e. The summed E-state index contributed by atoms with van der Waals surface area (Å²) in [5, 5.41) is 0. The van der Waals surface area contributed by atoms with Crippen LogP contribution in [0.25, 0.3) is 33.6 Å². The van der Waals surface area contributed by atoms with Crippen molar-refractivity contribution in [2.45, 2.75) is 0 Å². The fourth-order valence-corrected chi connectivity index (χ4v) is 2.85. The maximum atomic E-state index is 4.31. The fraction of sp³-hybridized carbons (Fsp3) is 0. The van der Waals surface area contributed by atoms with Crippen molar-refractivity contribution in [3.63, 3.8) is 0 Å². The van der Waals surface area contributed by atoms with Gasteiger partial charge in [0, 0.05) is 18.0 Å². The number of nitrogens with zero attached hydrogens (tertiary/aromatic N) is 2. The summed E-state index contributed by atoms with van der Waals surface area (Å²) in [7, 11) is 0. The van der Waals surface area contributed by atoms with E-state index in [1.165, 1.54) is 22.3 Å². The Labute approximate surface area is 141 Å². The number of rotatable bonds is 3. The normalized spacial score (nSPS) is 10.5. The fourth-order valence-electron chi connectivity index (χ4n) is 2.85. The van der Waals surface area contributed by atoms with Gasteiger partial charge < -0.3 is 0 Å². The summed E-state index contributed by atoms with van der Waals surface area (Å²) in [6, 6.07) is 29.2. The standard InChI is InChI=1S/C22H16N2/c1-2-7-17(8-3-1)20-9-4-5-10-21(20)18-11-13-19(14-12-18)22-23-15-6-16-24-22/h1-16H. The Bertz CT molecular complexity index is 930. The van der Waals surface area contributed by atoms with Crippen LogP contribution in [0.4, 0.5) is 0 Å². The second kappa shape index (κ2) is 6.47. The molecule has 0 aliphatic heterocycles. The van der Waals surface area contributed by atoms with Gasteiger partial charge in [0.1, 0.15) is 0 Å². The Balaban J connectivity index is 1.75. The van der Waals surface area contributed by atoms with Crippen LogP contribution in [0.3, 0.4) is 0 Å². The molecule has 0 saturated heterocycles. The molecule has 2 heteroatoms. The highest BCUT2D eigenvalue weighted by molar-refractivity contribution is 5.83. The first-order valence-electron chi connectivity index (χ1n) is 7.94. The van der Waals surface area contributed by atoms with Crippen LogP contribution in [0.2, 0.25) is 0 Å². The highest BCUT2D eigenvalue weighted by Crippen LogP contribution is 2.32. The summed E-state index contributed by atoms with van der Waals surface area (Å²) in [6.45, 7) is 0. The van der Waals surface area contributed by atoms with E-state index in [-0.39, 0.29) is 0 Å². The molecule has 0 saturated carbocycles. The van der Waals surface area contributed by atoms with Gasteiger partial charge in [-0.1, -0.05) is 78.9 Å². The SMILES string of the molecule is c1ccc(-c2ccccc2-c2ccc(-c3ncccn3)cc2)cc1. The first-order chi connectivity index (χ1) is 11.9. The average molecular weight is 308 g/mol. The van der Waals surface area contributed by atoms with Gasteiger partial charge >= 0.3 is 0 Å². The molecule has 0 fully saturated rings. The van der Waals surface area contributed by atoms with Crippen molar-refractivity contribution in [1.82, 2.24) is 9.97 Å². The second-order valence-corrected chi connectivity index (χ2v) is 5.56. The van der Waals surface area contributed by atoms with E-state index in [9.17, 15) is 0 Å². The lowest BCUT2D eigenvalue weighted by Gasteiger charge is -2.10. The molecule has 2 nitrogen and oxygen atoms in total. The highest BCUT2D eigenvalue weighted by Gasteiger charge is 2.07. The molecular formula is C22H16N2. The summed E-state index contributed by atoms with van der Waals surface area (Å²) >= 11 is 0. The summed E-state index contributed by atoms with van der Waals surface area (Å²) in [5.41, 5.74) is 5.90. The van der Waals surface area contributed by atoms with Gasteiger partial charge in [0.15, 0.2) is 5.82 Å². The van der Waals surface area contributed by atoms with E-state index in [1.54, 1.807) is 12.4 Å². The monoisotopic (exact) mass is 308 g/mol. The topological polar surface area (TPSA) is 25.8 Å². The first-order valence-corrected chi connectivity index (χ1v) is 7.94. The zero-order valence-electron chi connectivity index (χ0n) is 13.1. The minimum Gasteiger partial charge on any atom is -0.237 e. The van der Waals surface area contributed by atoms with Gasteiger partial charge in [0.25, 0.3) is 0 Å². The third-order valence-corrected chi connectivity index (χ3v) is 4.03. The van der Waals surface area contributed by atoms with E-state index in [2.05, 4.69) is 82.8 Å². The molecule has 0 atom stereocenters. The number of aromatic nitrogens is 2. The van der Waals surface area contributed by atoms with Gasteiger partial charge in [-0.15, -0.1) is 0 Å². The Hall–Kier alpha value is -3.26. The molecule has 0 spiro atoms. The van der Waals surface area contributed by atoms with Crippen LogP contribution in [0, 0.1) is 0 Å². The minimum absolute atomic E-state index is 0.750. The van der Waals surface area contributed by atoms with Crippen molar-refractivity contribution in [3.8, 4) is 33.6 Å². The molecule has 0 radical (unpaired) electrons. The summed E-state index contributed by atoms with van der Waals surface area (Å²) < 4.78 is 0. The van der Waals surface area contributed by atoms with Crippen LogP contribution >= 0.6 is 0 Å². The van der Waals surface area contributed by atoms with Crippen LogP contribution in [-0.2, 0) is 0 Å². The second-order valence-electron chi connectivity index (χ2n) is 5.56. The third-order valence-electron chi connectivity index (χ3n) is 4.03. The van der Waals surface area contributed by atoms with E-state index in [1.807, 2.05) is 12.1 Å². The van der Waals surface area contributed by atoms with E-state index in [0.717, 1.165) is 11.4 Å². The molecule has 24 heavy (non-hydrogen) atoms. The molecule has 1 heterocycles. The van der Waals surface area contributed by atoms with Crippen molar-refractivity contribution < 1.29 is 0 Å². The molecule has 0 aliphatic carbocycles. The zero-order chi connectivity index (χ0) is 16.2. The summed E-state index contributed by atoms with van der Waals surface area (Å²) in [6.07, 6.45) is 3.53. The first kappa shape index (κ1) is 14.3. The molecular weight excluding hydrogens is 292 g/mol. The van der Waals surface area contributed by atoms with E-state index < -0.39 is 0 Å². The van der Waals surface area contributed by atoms with Gasteiger partial charge in [-0.05, 0) is 28.3 Å². The minimum atomic E-state index is 0.750. The highest BCUT2D eigenvalue weighted by atomic mass is 14.8. The van der Waals surface area contributed by atoms with E-state index in [0.29, 0.717) is 0 Å². The van der Waals surface area contributed by atoms with Gasteiger partial charge in [-0.25, -0.2) is 9.97 Å². The predicted molar refractivity (Wildman–Crippen MR) is 98.3 cm³/mol. The maximum absolute atomic E-state index is 4.31. The zero-order valence-corrected chi connectivity index (χ0v) is 13.1. The Morgan fingerprint density at radius 1 is 0.417 bits per heavy atom. The van der Waals surface area contributed by atoms with Crippen LogP contribution < -0.4 is 0 Å². The van der Waals surface area contributed by atoms with Crippen LogP contribution in [-0.4, -0.2) is 9.97 Å². The molecule has 3 aromatic carbocycles. The van der Waals surface area contributed by atoms with Crippen molar-refractivity contribution >= 4 is 0 Å². The van der Waals surface area contributed by atoms with Gasteiger partial charge in [-0.3, -0.25) is 0 Å². The van der Waals surface area contributed by atoms with E-state index >= 15 is 0 Å². The van der Waals surface area contributed by atoms with Crippen molar-refractivity contribution in [1.29, 1.82) is 0 Å². The summed E-state index contributed by atoms with van der Waals surface area (Å²) in [4.78, 5) is 8.61. The smallest absolute Gasteiger partial charge is 0.159 e. The van der Waals surface area contributed by atoms with Crippen LogP contribution in [0.5, 0.6) is 0 Å². The molecule has 0 unspecified atom stereocenters. The predicted octanol–water partition coefficient (Wildman–Crippen LogP) is 5.48. The van der Waals surface area contributed by atoms with Gasteiger partial charge in [0.05, 0.1) is 0 Å². The molecule has 4 aromatic rings. The molecule has 114 valence electrons. The Kier molecular flexibility index (Phi) is 3.86. The molecule has 0 amide bonds. The molecule has 1 aromatic heterocycles.